The topological polar surface area (TPSA) is 40.7 Å². The third kappa shape index (κ3) is 3.67. The molecule has 1 aromatic carbocycles. The van der Waals surface area contributed by atoms with E-state index in [0.717, 1.165) is 35.4 Å². The molecule has 2 aromatic heterocycles. The van der Waals surface area contributed by atoms with Crippen LogP contribution in [0.4, 0.5) is 0 Å². The molecule has 1 unspecified atom stereocenters. The molecule has 1 atom stereocenters. The first-order chi connectivity index (χ1) is 12.1. The van der Waals surface area contributed by atoms with Gasteiger partial charge in [-0.3, -0.25) is 4.90 Å². The van der Waals surface area contributed by atoms with Crippen LogP contribution in [0.2, 0.25) is 0 Å². The molecule has 4 nitrogen and oxygen atoms in total. The van der Waals surface area contributed by atoms with Crippen molar-refractivity contribution < 1.29 is 4.74 Å². The highest BCUT2D eigenvalue weighted by Gasteiger charge is 2.15. The van der Waals surface area contributed by atoms with Gasteiger partial charge in [0, 0.05) is 30.5 Å². The molecule has 0 saturated heterocycles. The summed E-state index contributed by atoms with van der Waals surface area (Å²) in [4.78, 5) is 2.29. The van der Waals surface area contributed by atoms with E-state index in [2.05, 4.69) is 43.3 Å². The molecule has 0 amide bonds. The maximum absolute atomic E-state index is 9.55. The van der Waals surface area contributed by atoms with E-state index in [4.69, 9.17) is 4.74 Å². The second kappa shape index (κ2) is 7.42. The van der Waals surface area contributed by atoms with E-state index < -0.39 is 0 Å². The normalized spacial score (nSPS) is 12.3. The molecule has 0 aliphatic rings. The van der Waals surface area contributed by atoms with Gasteiger partial charge in [-0.05, 0) is 50.2 Å². The van der Waals surface area contributed by atoms with Crippen LogP contribution in [0.1, 0.15) is 23.6 Å². The van der Waals surface area contributed by atoms with Gasteiger partial charge in [0.1, 0.15) is 11.8 Å². The van der Waals surface area contributed by atoms with Crippen molar-refractivity contribution >= 4 is 5.52 Å². The Morgan fingerprint density at radius 2 is 1.96 bits per heavy atom. The number of nitriles is 1. The number of nitrogens with zero attached hydrogens (tertiary/aromatic N) is 3. The Hall–Kier alpha value is -2.77. The first-order valence-electron chi connectivity index (χ1n) is 8.44. The summed E-state index contributed by atoms with van der Waals surface area (Å²) < 4.78 is 7.24. The van der Waals surface area contributed by atoms with Crippen LogP contribution in [-0.2, 0) is 13.0 Å². The van der Waals surface area contributed by atoms with Crippen molar-refractivity contribution in [1.82, 2.24) is 9.30 Å². The van der Waals surface area contributed by atoms with E-state index in [-0.39, 0.29) is 0 Å². The zero-order valence-electron chi connectivity index (χ0n) is 14.9. The fraction of sp³-hybridized carbons (Fsp3) is 0.286. The molecule has 0 saturated carbocycles. The molecule has 0 radical (unpaired) electrons. The van der Waals surface area contributed by atoms with Gasteiger partial charge in [-0.1, -0.05) is 18.2 Å². The molecule has 0 spiro atoms. The summed E-state index contributed by atoms with van der Waals surface area (Å²) in [7, 11) is 3.79. The first-order valence-corrected chi connectivity index (χ1v) is 8.44. The lowest BCUT2D eigenvalue weighted by molar-refractivity contribution is 0.248. The summed E-state index contributed by atoms with van der Waals surface area (Å²) in [6.45, 7) is 2.97. The summed E-state index contributed by atoms with van der Waals surface area (Å²) in [5.74, 6) is 0.879. The van der Waals surface area contributed by atoms with E-state index in [9.17, 15) is 5.26 Å². The van der Waals surface area contributed by atoms with Crippen LogP contribution >= 0.6 is 0 Å². The number of pyridine rings is 1. The predicted octanol–water partition coefficient (Wildman–Crippen LogP) is 3.88. The Morgan fingerprint density at radius 3 is 2.64 bits per heavy atom. The number of benzene rings is 1. The zero-order valence-corrected chi connectivity index (χ0v) is 14.9. The highest BCUT2D eigenvalue weighted by atomic mass is 16.5. The number of methoxy groups -OCH3 is 1. The molecular formula is C21H23N3O. The van der Waals surface area contributed by atoms with Crippen molar-refractivity contribution in [3.63, 3.8) is 0 Å². The van der Waals surface area contributed by atoms with Crippen LogP contribution in [-0.4, -0.2) is 29.5 Å². The van der Waals surface area contributed by atoms with E-state index in [1.807, 2.05) is 40.9 Å². The Kier molecular flexibility index (Phi) is 5.06. The lowest BCUT2D eigenvalue weighted by Crippen LogP contribution is -2.30. The van der Waals surface area contributed by atoms with E-state index in [1.165, 1.54) is 5.56 Å². The summed E-state index contributed by atoms with van der Waals surface area (Å²) >= 11 is 0. The minimum Gasteiger partial charge on any atom is -0.497 e. The van der Waals surface area contributed by atoms with Crippen molar-refractivity contribution in [2.45, 2.75) is 25.9 Å². The molecule has 0 aliphatic heterocycles. The summed E-state index contributed by atoms with van der Waals surface area (Å²) in [6, 6.07) is 16.9. The summed E-state index contributed by atoms with van der Waals surface area (Å²) in [5, 5.41) is 9.55. The van der Waals surface area contributed by atoms with Crippen LogP contribution in [0.3, 0.4) is 0 Å². The van der Waals surface area contributed by atoms with Gasteiger partial charge < -0.3 is 9.14 Å². The van der Waals surface area contributed by atoms with Crippen molar-refractivity contribution in [3.05, 3.63) is 71.5 Å². The maximum Gasteiger partial charge on any atom is 0.118 e. The van der Waals surface area contributed by atoms with Crippen LogP contribution in [0.5, 0.6) is 5.75 Å². The second-order valence-corrected chi connectivity index (χ2v) is 6.45. The summed E-state index contributed by atoms with van der Waals surface area (Å²) in [6.07, 6.45) is 5.00. The average Bonchev–Trinajstić information content (AvgIpc) is 2.99. The number of hydrogen-bond donors (Lipinski definition) is 0. The maximum atomic E-state index is 9.55. The standard InChI is InChI=1S/C21H23N3O/c1-16(12-17-7-9-19(25-3)10-8-17)23(2)14-18-15-24-11-5-4-6-21(24)20(18)13-22/h4-11,15-16H,12,14H2,1-3H3. The molecule has 25 heavy (non-hydrogen) atoms. The third-order valence-corrected chi connectivity index (χ3v) is 4.74. The quantitative estimate of drug-likeness (QED) is 0.687. The van der Waals surface area contributed by atoms with E-state index in [1.54, 1.807) is 7.11 Å². The molecule has 4 heteroatoms. The molecule has 128 valence electrons. The Bertz CT molecular complexity index is 890. The van der Waals surface area contributed by atoms with Gasteiger partial charge in [0.15, 0.2) is 0 Å². The van der Waals surface area contributed by atoms with Crippen LogP contribution in [0.15, 0.2) is 54.9 Å². The smallest absolute Gasteiger partial charge is 0.118 e. The molecule has 3 aromatic rings. The Balaban J connectivity index is 1.73. The van der Waals surface area contributed by atoms with Gasteiger partial charge in [0.05, 0.1) is 18.2 Å². The highest BCUT2D eigenvalue weighted by Crippen LogP contribution is 2.21. The van der Waals surface area contributed by atoms with E-state index >= 15 is 0 Å². The van der Waals surface area contributed by atoms with E-state index in [0.29, 0.717) is 6.04 Å². The fourth-order valence-electron chi connectivity index (χ4n) is 3.11. The number of aromatic nitrogens is 1. The predicted molar refractivity (Wildman–Crippen MR) is 99.7 cm³/mol. The molecule has 2 heterocycles. The Morgan fingerprint density at radius 1 is 1.20 bits per heavy atom. The van der Waals surface area contributed by atoms with Crippen LogP contribution < -0.4 is 4.74 Å². The minimum absolute atomic E-state index is 0.364. The summed E-state index contributed by atoms with van der Waals surface area (Å²) in [5.41, 5.74) is 4.08. The number of ether oxygens (including phenoxy) is 1. The molecule has 3 rings (SSSR count). The van der Waals surface area contributed by atoms with Crippen LogP contribution in [0, 0.1) is 11.3 Å². The van der Waals surface area contributed by atoms with Gasteiger partial charge in [0.2, 0.25) is 0 Å². The third-order valence-electron chi connectivity index (χ3n) is 4.74. The number of fused-ring (bicyclic) bond motifs is 1. The monoisotopic (exact) mass is 333 g/mol. The molecular weight excluding hydrogens is 310 g/mol. The fourth-order valence-corrected chi connectivity index (χ4v) is 3.11. The Labute approximate surface area is 148 Å². The van der Waals surface area contributed by atoms with Crippen LogP contribution in [0.25, 0.3) is 5.52 Å². The number of likely N-dealkylation sites (N-methyl/N-ethyl adjacent to an activating group) is 1. The molecule has 0 bridgehead atoms. The largest absolute Gasteiger partial charge is 0.497 e. The van der Waals surface area contributed by atoms with Gasteiger partial charge in [0.25, 0.3) is 0 Å². The minimum atomic E-state index is 0.364. The number of rotatable bonds is 6. The lowest BCUT2D eigenvalue weighted by atomic mass is 10.1. The van der Waals surface area contributed by atoms with Crippen molar-refractivity contribution in [1.29, 1.82) is 5.26 Å². The molecule has 0 fully saturated rings. The van der Waals surface area contributed by atoms with Crippen molar-refractivity contribution in [3.8, 4) is 11.8 Å². The second-order valence-electron chi connectivity index (χ2n) is 6.45. The van der Waals surface area contributed by atoms with Gasteiger partial charge >= 0.3 is 0 Å². The van der Waals surface area contributed by atoms with Crippen molar-refractivity contribution in [2.24, 2.45) is 0 Å². The molecule has 0 aliphatic carbocycles. The van der Waals surface area contributed by atoms with Gasteiger partial charge in [-0.15, -0.1) is 0 Å². The first kappa shape index (κ1) is 17.1. The van der Waals surface area contributed by atoms with Gasteiger partial charge in [-0.2, -0.15) is 5.26 Å². The van der Waals surface area contributed by atoms with Gasteiger partial charge in [-0.25, -0.2) is 0 Å². The zero-order chi connectivity index (χ0) is 17.8. The average molecular weight is 333 g/mol. The lowest BCUT2D eigenvalue weighted by Gasteiger charge is -2.24. The van der Waals surface area contributed by atoms with Crippen molar-refractivity contribution in [2.75, 3.05) is 14.2 Å². The highest BCUT2D eigenvalue weighted by molar-refractivity contribution is 5.65. The molecule has 0 N–H and O–H groups in total. The number of hydrogen-bond acceptors (Lipinski definition) is 3. The SMILES string of the molecule is COc1ccc(CC(C)N(C)Cc2cn3ccccc3c2C#N)cc1.